The Bertz CT molecular complexity index is 234. The number of urea groups is 1. The van der Waals surface area contributed by atoms with Crippen molar-refractivity contribution in [3.63, 3.8) is 0 Å². The molecule has 2 N–H and O–H groups in total. The zero-order valence-corrected chi connectivity index (χ0v) is 10.4. The van der Waals surface area contributed by atoms with Crippen molar-refractivity contribution in [3.8, 4) is 0 Å². The van der Waals surface area contributed by atoms with Crippen LogP contribution in [0.15, 0.2) is 0 Å². The standard InChI is InChI=1S/C10H19ClN2O2/c1-7(11)8(14)13-9(15)12-6-5-10(2,3)4/h7H,5-6H2,1-4H3,(H2,12,13,14,15). The fraction of sp³-hybridized carbons (Fsp3) is 0.800. The number of hydrogen-bond donors (Lipinski definition) is 2. The van der Waals surface area contributed by atoms with E-state index in [0.29, 0.717) is 6.54 Å². The molecule has 0 aliphatic rings. The number of carbonyl (C=O) groups excluding carboxylic acids is 2. The molecule has 5 heteroatoms. The molecule has 0 aromatic carbocycles. The van der Waals surface area contributed by atoms with Crippen molar-refractivity contribution in [2.75, 3.05) is 6.54 Å². The van der Waals surface area contributed by atoms with Crippen LogP contribution in [0.25, 0.3) is 0 Å². The summed E-state index contributed by atoms with van der Waals surface area (Å²) in [5, 5.41) is 4.04. The molecule has 15 heavy (non-hydrogen) atoms. The summed E-state index contributed by atoms with van der Waals surface area (Å²) in [7, 11) is 0. The second-order valence-electron chi connectivity index (χ2n) is 4.67. The molecule has 4 nitrogen and oxygen atoms in total. The van der Waals surface area contributed by atoms with Crippen LogP contribution in [0, 0.1) is 5.41 Å². The Kier molecular flexibility index (Phi) is 5.65. The molecule has 0 aliphatic carbocycles. The molecule has 1 unspecified atom stereocenters. The van der Waals surface area contributed by atoms with Gasteiger partial charge < -0.3 is 5.32 Å². The number of carbonyl (C=O) groups is 2. The van der Waals surface area contributed by atoms with E-state index in [0.717, 1.165) is 6.42 Å². The van der Waals surface area contributed by atoms with Gasteiger partial charge in [0.05, 0.1) is 0 Å². The van der Waals surface area contributed by atoms with Crippen molar-refractivity contribution >= 4 is 23.5 Å². The highest BCUT2D eigenvalue weighted by Gasteiger charge is 2.14. The molecular weight excluding hydrogens is 216 g/mol. The van der Waals surface area contributed by atoms with Crippen molar-refractivity contribution in [1.29, 1.82) is 0 Å². The van der Waals surface area contributed by atoms with Crippen LogP contribution in [0.2, 0.25) is 0 Å². The zero-order valence-electron chi connectivity index (χ0n) is 9.69. The first-order valence-corrected chi connectivity index (χ1v) is 5.39. The van der Waals surface area contributed by atoms with E-state index in [1.54, 1.807) is 0 Å². The molecule has 0 fully saturated rings. The minimum atomic E-state index is -0.696. The topological polar surface area (TPSA) is 58.2 Å². The normalized spacial score (nSPS) is 13.1. The number of hydrogen-bond acceptors (Lipinski definition) is 2. The van der Waals surface area contributed by atoms with Gasteiger partial charge in [-0.05, 0) is 18.8 Å². The first-order valence-electron chi connectivity index (χ1n) is 4.95. The Morgan fingerprint density at radius 3 is 2.27 bits per heavy atom. The number of rotatable bonds is 3. The maximum absolute atomic E-state index is 11.1. The van der Waals surface area contributed by atoms with E-state index in [1.165, 1.54) is 6.92 Å². The SMILES string of the molecule is CC(Cl)C(=O)NC(=O)NCCC(C)(C)C. The van der Waals surface area contributed by atoms with E-state index in [4.69, 9.17) is 11.6 Å². The van der Waals surface area contributed by atoms with Crippen LogP contribution in [0.4, 0.5) is 4.79 Å². The van der Waals surface area contributed by atoms with Gasteiger partial charge >= 0.3 is 6.03 Å². The van der Waals surface area contributed by atoms with Crippen LogP contribution < -0.4 is 10.6 Å². The van der Waals surface area contributed by atoms with Crippen LogP contribution in [0.3, 0.4) is 0 Å². The minimum absolute atomic E-state index is 0.164. The molecule has 0 saturated heterocycles. The summed E-state index contributed by atoms with van der Waals surface area (Å²) < 4.78 is 0. The number of halogens is 1. The first kappa shape index (κ1) is 14.2. The monoisotopic (exact) mass is 234 g/mol. The van der Waals surface area contributed by atoms with E-state index in [1.807, 2.05) is 0 Å². The maximum Gasteiger partial charge on any atom is 0.321 e. The van der Waals surface area contributed by atoms with Gasteiger partial charge in [0.1, 0.15) is 5.38 Å². The molecule has 0 heterocycles. The maximum atomic E-state index is 11.1. The number of imide groups is 1. The molecule has 0 aromatic rings. The van der Waals surface area contributed by atoms with Crippen molar-refractivity contribution < 1.29 is 9.59 Å². The third kappa shape index (κ3) is 8.24. The van der Waals surface area contributed by atoms with Gasteiger partial charge in [0.15, 0.2) is 0 Å². The van der Waals surface area contributed by atoms with Crippen molar-refractivity contribution in [3.05, 3.63) is 0 Å². The molecule has 0 rings (SSSR count). The minimum Gasteiger partial charge on any atom is -0.338 e. The molecule has 0 aromatic heterocycles. The molecule has 1 atom stereocenters. The quantitative estimate of drug-likeness (QED) is 0.733. The Balaban J connectivity index is 3.72. The lowest BCUT2D eigenvalue weighted by Gasteiger charge is -2.18. The molecule has 0 aliphatic heterocycles. The summed E-state index contributed by atoms with van der Waals surface area (Å²) in [6.07, 6.45) is 0.852. The Labute approximate surface area is 95.7 Å². The summed E-state index contributed by atoms with van der Waals surface area (Å²) in [6.45, 7) is 8.30. The Morgan fingerprint density at radius 2 is 1.87 bits per heavy atom. The predicted octanol–water partition coefficient (Wildman–Crippen LogP) is 1.88. The predicted molar refractivity (Wildman–Crippen MR) is 60.9 cm³/mol. The van der Waals surface area contributed by atoms with Gasteiger partial charge in [0.25, 0.3) is 0 Å². The van der Waals surface area contributed by atoms with Gasteiger partial charge in [-0.3, -0.25) is 10.1 Å². The third-order valence-electron chi connectivity index (χ3n) is 1.76. The van der Waals surface area contributed by atoms with Crippen molar-refractivity contribution in [2.45, 2.75) is 39.5 Å². The van der Waals surface area contributed by atoms with E-state index in [9.17, 15) is 9.59 Å². The smallest absolute Gasteiger partial charge is 0.321 e. The summed E-state index contributed by atoms with van der Waals surface area (Å²) >= 11 is 5.49. The van der Waals surface area contributed by atoms with Gasteiger partial charge in [-0.25, -0.2) is 4.79 Å². The second-order valence-corrected chi connectivity index (χ2v) is 5.33. The first-order chi connectivity index (χ1) is 6.72. The van der Waals surface area contributed by atoms with Crippen molar-refractivity contribution in [2.24, 2.45) is 5.41 Å². The van der Waals surface area contributed by atoms with Crippen LogP contribution in [-0.4, -0.2) is 23.9 Å². The highest BCUT2D eigenvalue weighted by molar-refractivity contribution is 6.31. The lowest BCUT2D eigenvalue weighted by molar-refractivity contribution is -0.119. The highest BCUT2D eigenvalue weighted by atomic mass is 35.5. The van der Waals surface area contributed by atoms with E-state index in [-0.39, 0.29) is 5.41 Å². The molecule has 88 valence electrons. The number of amides is 3. The second kappa shape index (κ2) is 5.95. The van der Waals surface area contributed by atoms with Crippen molar-refractivity contribution in [1.82, 2.24) is 10.6 Å². The largest absolute Gasteiger partial charge is 0.338 e. The van der Waals surface area contributed by atoms with Gasteiger partial charge in [-0.15, -0.1) is 11.6 Å². The number of alkyl halides is 1. The van der Waals surface area contributed by atoms with Gasteiger partial charge in [0.2, 0.25) is 5.91 Å². The van der Waals surface area contributed by atoms with Crippen LogP contribution in [-0.2, 0) is 4.79 Å². The fourth-order valence-corrected chi connectivity index (χ4v) is 0.861. The summed E-state index contributed by atoms with van der Waals surface area (Å²) in [5.41, 5.74) is 0.164. The van der Waals surface area contributed by atoms with Crippen LogP contribution in [0.1, 0.15) is 34.1 Å². The molecular formula is C10H19ClN2O2. The molecule has 0 saturated carbocycles. The Hall–Kier alpha value is -0.770. The Morgan fingerprint density at radius 1 is 1.33 bits per heavy atom. The van der Waals surface area contributed by atoms with Gasteiger partial charge in [0, 0.05) is 6.54 Å². The van der Waals surface area contributed by atoms with Gasteiger partial charge in [-0.1, -0.05) is 20.8 Å². The van der Waals surface area contributed by atoms with E-state index < -0.39 is 17.3 Å². The number of nitrogens with one attached hydrogen (secondary N) is 2. The van der Waals surface area contributed by atoms with E-state index >= 15 is 0 Å². The van der Waals surface area contributed by atoms with Gasteiger partial charge in [-0.2, -0.15) is 0 Å². The summed E-state index contributed by atoms with van der Waals surface area (Å²) in [6, 6.07) is -0.489. The van der Waals surface area contributed by atoms with Crippen LogP contribution in [0.5, 0.6) is 0 Å². The molecule has 0 radical (unpaired) electrons. The average Bonchev–Trinajstić information content (AvgIpc) is 2.01. The lowest BCUT2D eigenvalue weighted by Crippen LogP contribution is -2.43. The summed E-state index contributed by atoms with van der Waals surface area (Å²) in [4.78, 5) is 22.2. The highest BCUT2D eigenvalue weighted by Crippen LogP contribution is 2.16. The third-order valence-corrected chi connectivity index (χ3v) is 1.96. The lowest BCUT2D eigenvalue weighted by atomic mass is 9.92. The van der Waals surface area contributed by atoms with Crippen LogP contribution >= 0.6 is 11.6 Å². The van der Waals surface area contributed by atoms with E-state index in [2.05, 4.69) is 31.4 Å². The summed E-state index contributed by atoms with van der Waals surface area (Å²) in [5.74, 6) is -0.482. The zero-order chi connectivity index (χ0) is 12.1. The molecule has 0 spiro atoms. The fourth-order valence-electron chi connectivity index (χ4n) is 0.807. The average molecular weight is 235 g/mol. The molecule has 3 amide bonds. The molecule has 0 bridgehead atoms.